The predicted octanol–water partition coefficient (Wildman–Crippen LogP) is 3.27. The van der Waals surface area contributed by atoms with Gasteiger partial charge in [-0.3, -0.25) is 14.4 Å². The molecular formula is C16H32O6. The largest absolute Gasteiger partial charge is 0.466 e. The lowest BCUT2D eigenvalue weighted by Gasteiger charge is -1.96. The van der Waals surface area contributed by atoms with E-state index < -0.39 is 0 Å². The zero-order valence-electron chi connectivity index (χ0n) is 14.9. The molecule has 132 valence electrons. The van der Waals surface area contributed by atoms with Crippen molar-refractivity contribution in [1.82, 2.24) is 0 Å². The Morgan fingerprint density at radius 2 is 0.955 bits per heavy atom. The second-order valence-corrected chi connectivity index (χ2v) is 4.31. The van der Waals surface area contributed by atoms with Gasteiger partial charge in [-0.2, -0.15) is 0 Å². The van der Waals surface area contributed by atoms with E-state index in [0.717, 1.165) is 25.7 Å². The normalized spacial score (nSPS) is 8.45. The van der Waals surface area contributed by atoms with E-state index >= 15 is 0 Å². The Morgan fingerprint density at radius 3 is 1.09 bits per heavy atom. The summed E-state index contributed by atoms with van der Waals surface area (Å²) >= 11 is 0. The van der Waals surface area contributed by atoms with Crippen LogP contribution in [0.25, 0.3) is 0 Å². The maximum Gasteiger partial charge on any atom is 0.302 e. The molecule has 0 bridgehead atoms. The quantitative estimate of drug-likeness (QED) is 0.407. The second kappa shape index (κ2) is 21.7. The summed E-state index contributed by atoms with van der Waals surface area (Å²) in [5.41, 5.74) is 0. The molecule has 0 unspecified atom stereocenters. The molecule has 22 heavy (non-hydrogen) atoms. The Kier molecular flexibility index (Phi) is 25.0. The molecule has 0 rings (SSSR count). The van der Waals surface area contributed by atoms with Crippen LogP contribution in [-0.2, 0) is 28.6 Å². The fraction of sp³-hybridized carbons (Fsp3) is 0.812. The molecule has 0 radical (unpaired) electrons. The van der Waals surface area contributed by atoms with Crippen molar-refractivity contribution in [3.8, 4) is 0 Å². The maximum absolute atomic E-state index is 10.1. The number of carbonyl (C=O) groups is 3. The van der Waals surface area contributed by atoms with Crippen LogP contribution in [0.1, 0.15) is 67.2 Å². The molecule has 0 aliphatic carbocycles. The first-order chi connectivity index (χ1) is 10.3. The molecule has 6 nitrogen and oxygen atoms in total. The van der Waals surface area contributed by atoms with Gasteiger partial charge in [-0.05, 0) is 19.8 Å². The number of ether oxygens (including phenoxy) is 3. The lowest BCUT2D eigenvalue weighted by Crippen LogP contribution is -1.99. The molecule has 0 saturated carbocycles. The number of carbonyl (C=O) groups excluding carboxylic acids is 3. The lowest BCUT2D eigenvalue weighted by molar-refractivity contribution is -0.142. The van der Waals surface area contributed by atoms with E-state index in [-0.39, 0.29) is 17.9 Å². The Bertz CT molecular complexity index is 256. The van der Waals surface area contributed by atoms with Gasteiger partial charge < -0.3 is 14.2 Å². The Hall–Kier alpha value is -1.59. The van der Waals surface area contributed by atoms with Gasteiger partial charge in [-0.25, -0.2) is 0 Å². The fourth-order valence-corrected chi connectivity index (χ4v) is 0.924. The summed E-state index contributed by atoms with van der Waals surface area (Å²) in [5, 5.41) is 0. The first-order valence-electron chi connectivity index (χ1n) is 7.71. The summed E-state index contributed by atoms with van der Waals surface area (Å²) in [5.74, 6) is -0.575. The van der Waals surface area contributed by atoms with Crippen LogP contribution in [0.4, 0.5) is 0 Å². The van der Waals surface area contributed by atoms with Gasteiger partial charge in [-0.15, -0.1) is 0 Å². The van der Waals surface area contributed by atoms with Crippen LogP contribution in [-0.4, -0.2) is 37.7 Å². The van der Waals surface area contributed by atoms with E-state index in [0.29, 0.717) is 19.8 Å². The molecule has 0 N–H and O–H groups in total. The average molecular weight is 320 g/mol. The monoisotopic (exact) mass is 320 g/mol. The highest BCUT2D eigenvalue weighted by Crippen LogP contribution is 1.87. The summed E-state index contributed by atoms with van der Waals surface area (Å²) in [7, 11) is 0. The van der Waals surface area contributed by atoms with Crippen molar-refractivity contribution in [2.45, 2.75) is 67.2 Å². The molecule has 0 spiro atoms. The molecule has 0 saturated heterocycles. The van der Waals surface area contributed by atoms with Gasteiger partial charge in [0, 0.05) is 20.8 Å². The van der Waals surface area contributed by atoms with E-state index in [9.17, 15) is 14.4 Å². The van der Waals surface area contributed by atoms with Gasteiger partial charge in [-0.1, -0.05) is 26.7 Å². The average Bonchev–Trinajstić information content (AvgIpc) is 2.40. The van der Waals surface area contributed by atoms with E-state index in [1.807, 2.05) is 0 Å². The Labute approximate surface area is 134 Å². The van der Waals surface area contributed by atoms with Crippen LogP contribution in [0.2, 0.25) is 0 Å². The molecule has 0 fully saturated rings. The van der Waals surface area contributed by atoms with Crippen LogP contribution in [0, 0.1) is 0 Å². The van der Waals surface area contributed by atoms with Crippen molar-refractivity contribution >= 4 is 17.9 Å². The molecule has 0 aliphatic heterocycles. The summed E-state index contributed by atoms with van der Waals surface area (Å²) in [6.45, 7) is 11.8. The highest BCUT2D eigenvalue weighted by atomic mass is 16.5. The van der Waals surface area contributed by atoms with Crippen LogP contribution in [0.3, 0.4) is 0 Å². The van der Waals surface area contributed by atoms with E-state index in [4.69, 9.17) is 0 Å². The standard InChI is InChI=1S/2C6H12O2.C4H8O2/c2*1-3-4-5-8-6(2)7;1-3-6-4(2)5/h2*3-5H2,1-2H3;3H2,1-2H3. The molecule has 0 aromatic heterocycles. The number of unbranched alkanes of at least 4 members (excludes halogenated alkanes) is 2. The third-order valence-corrected chi connectivity index (χ3v) is 1.95. The first-order valence-corrected chi connectivity index (χ1v) is 7.71. The van der Waals surface area contributed by atoms with Gasteiger partial charge in [0.15, 0.2) is 0 Å². The van der Waals surface area contributed by atoms with E-state index in [2.05, 4.69) is 28.1 Å². The fourth-order valence-electron chi connectivity index (χ4n) is 0.924. The van der Waals surface area contributed by atoms with Crippen LogP contribution in [0.15, 0.2) is 0 Å². The molecular weight excluding hydrogens is 288 g/mol. The molecule has 6 heteroatoms. The highest BCUT2D eigenvalue weighted by molar-refractivity contribution is 5.66. The zero-order valence-corrected chi connectivity index (χ0v) is 14.9. The number of rotatable bonds is 7. The highest BCUT2D eigenvalue weighted by Gasteiger charge is 1.88. The van der Waals surface area contributed by atoms with E-state index in [1.165, 1.54) is 20.8 Å². The van der Waals surface area contributed by atoms with Gasteiger partial charge in [0.1, 0.15) is 0 Å². The molecule has 0 heterocycles. The minimum absolute atomic E-state index is 0.182. The summed E-state index contributed by atoms with van der Waals surface area (Å²) in [4.78, 5) is 30.0. The van der Waals surface area contributed by atoms with Crippen LogP contribution < -0.4 is 0 Å². The summed E-state index contributed by atoms with van der Waals surface area (Å²) in [6.07, 6.45) is 4.10. The minimum Gasteiger partial charge on any atom is -0.466 e. The third kappa shape index (κ3) is 42.9. The van der Waals surface area contributed by atoms with Crippen LogP contribution >= 0.6 is 0 Å². The molecule has 0 aliphatic rings. The molecule has 0 atom stereocenters. The summed E-state index contributed by atoms with van der Waals surface area (Å²) in [6, 6.07) is 0. The number of esters is 3. The number of hydrogen-bond donors (Lipinski definition) is 0. The topological polar surface area (TPSA) is 78.9 Å². The maximum atomic E-state index is 10.1. The SMILES string of the molecule is CCCCOC(C)=O.CCCCOC(C)=O.CCOC(C)=O. The number of hydrogen-bond acceptors (Lipinski definition) is 6. The van der Waals surface area contributed by atoms with Crippen molar-refractivity contribution in [2.24, 2.45) is 0 Å². The van der Waals surface area contributed by atoms with Crippen molar-refractivity contribution in [3.05, 3.63) is 0 Å². The van der Waals surface area contributed by atoms with Gasteiger partial charge in [0.05, 0.1) is 19.8 Å². The van der Waals surface area contributed by atoms with Crippen molar-refractivity contribution in [1.29, 1.82) is 0 Å². The molecule has 0 aromatic rings. The second-order valence-electron chi connectivity index (χ2n) is 4.31. The molecule has 0 aromatic carbocycles. The Morgan fingerprint density at radius 1 is 0.636 bits per heavy atom. The minimum atomic E-state index is -0.211. The first kappa shape index (κ1) is 25.4. The van der Waals surface area contributed by atoms with Gasteiger partial charge in [0.25, 0.3) is 0 Å². The Balaban J connectivity index is -0.000000249. The predicted molar refractivity (Wildman–Crippen MR) is 85.4 cm³/mol. The van der Waals surface area contributed by atoms with Gasteiger partial charge >= 0.3 is 17.9 Å². The zero-order chi connectivity index (χ0) is 17.8. The van der Waals surface area contributed by atoms with E-state index in [1.54, 1.807) is 6.92 Å². The van der Waals surface area contributed by atoms with Gasteiger partial charge in [0.2, 0.25) is 0 Å². The van der Waals surface area contributed by atoms with Crippen molar-refractivity contribution in [2.75, 3.05) is 19.8 Å². The van der Waals surface area contributed by atoms with Crippen molar-refractivity contribution < 1.29 is 28.6 Å². The third-order valence-electron chi connectivity index (χ3n) is 1.95. The smallest absolute Gasteiger partial charge is 0.302 e. The van der Waals surface area contributed by atoms with Crippen molar-refractivity contribution in [3.63, 3.8) is 0 Å². The molecule has 0 amide bonds. The van der Waals surface area contributed by atoms with Crippen LogP contribution in [0.5, 0.6) is 0 Å². The summed E-state index contributed by atoms with van der Waals surface area (Å²) < 4.78 is 13.7. The lowest BCUT2D eigenvalue weighted by atomic mass is 10.4.